The van der Waals surface area contributed by atoms with Crippen LogP contribution in [0.25, 0.3) is 0 Å². The topological polar surface area (TPSA) is 49.4 Å². The van der Waals surface area contributed by atoms with Crippen LogP contribution in [0.1, 0.15) is 58.8 Å². The minimum absolute atomic E-state index is 0.117. The van der Waals surface area contributed by atoms with E-state index in [0.29, 0.717) is 0 Å². The third-order valence-electron chi connectivity index (χ3n) is 4.22. The summed E-state index contributed by atoms with van der Waals surface area (Å²) in [4.78, 5) is 26.0. The van der Waals surface area contributed by atoms with E-state index < -0.39 is 0 Å². The molecule has 1 fully saturated rings. The van der Waals surface area contributed by atoms with E-state index in [-0.39, 0.29) is 23.7 Å². The molecule has 20 heavy (non-hydrogen) atoms. The van der Waals surface area contributed by atoms with Crippen LogP contribution >= 0.6 is 0 Å². The lowest BCUT2D eigenvalue weighted by Gasteiger charge is -2.30. The van der Waals surface area contributed by atoms with Gasteiger partial charge in [0.2, 0.25) is 11.8 Å². The number of hydrogen-bond acceptors (Lipinski definition) is 2. The van der Waals surface area contributed by atoms with Gasteiger partial charge in [0.25, 0.3) is 0 Å². The highest BCUT2D eigenvalue weighted by molar-refractivity contribution is 5.81. The first kappa shape index (κ1) is 17.0. The molecule has 0 aromatic rings. The summed E-state index contributed by atoms with van der Waals surface area (Å²) in [6.07, 6.45) is 6.58. The molecule has 0 heterocycles. The minimum Gasteiger partial charge on any atom is -0.356 e. The third-order valence-corrected chi connectivity index (χ3v) is 4.22. The normalized spacial score (nSPS) is 22.4. The summed E-state index contributed by atoms with van der Waals surface area (Å²) in [6.45, 7) is 5.81. The zero-order valence-corrected chi connectivity index (χ0v) is 13.3. The van der Waals surface area contributed by atoms with E-state index in [0.717, 1.165) is 58.0 Å². The average Bonchev–Trinajstić information content (AvgIpc) is 2.49. The number of rotatable bonds is 7. The van der Waals surface area contributed by atoms with Crippen LogP contribution in [0.2, 0.25) is 0 Å². The van der Waals surface area contributed by atoms with Crippen molar-refractivity contribution < 1.29 is 9.59 Å². The van der Waals surface area contributed by atoms with E-state index in [1.807, 2.05) is 11.9 Å². The van der Waals surface area contributed by atoms with Crippen LogP contribution in [0.4, 0.5) is 0 Å². The fourth-order valence-electron chi connectivity index (χ4n) is 2.81. The number of nitrogens with zero attached hydrogens (tertiary/aromatic N) is 1. The molecule has 4 nitrogen and oxygen atoms in total. The molecule has 1 rings (SSSR count). The lowest BCUT2D eigenvalue weighted by atomic mass is 9.81. The molecule has 1 N–H and O–H groups in total. The lowest BCUT2D eigenvalue weighted by Crippen LogP contribution is -2.38. The van der Waals surface area contributed by atoms with E-state index in [1.165, 1.54) is 0 Å². The molecule has 1 aliphatic rings. The number of unbranched alkanes of at least 4 members (excludes halogenated alkanes) is 1. The van der Waals surface area contributed by atoms with Crippen LogP contribution in [0.15, 0.2) is 0 Å². The predicted molar refractivity (Wildman–Crippen MR) is 81.3 cm³/mol. The monoisotopic (exact) mass is 282 g/mol. The number of amides is 2. The van der Waals surface area contributed by atoms with Crippen molar-refractivity contribution in [1.82, 2.24) is 10.2 Å². The Morgan fingerprint density at radius 2 is 1.65 bits per heavy atom. The molecule has 0 radical (unpaired) electrons. The number of carbonyl (C=O) groups is 2. The number of nitrogens with one attached hydrogen (secondary N) is 1. The SMILES string of the molecule is CCCCN(C)C(=O)C1CCC(C(=O)NCCC)CC1. The van der Waals surface area contributed by atoms with E-state index in [2.05, 4.69) is 19.2 Å². The number of hydrogen-bond donors (Lipinski definition) is 1. The Morgan fingerprint density at radius 1 is 1.05 bits per heavy atom. The van der Waals surface area contributed by atoms with Crippen LogP contribution in [-0.4, -0.2) is 36.9 Å². The highest BCUT2D eigenvalue weighted by Gasteiger charge is 2.30. The van der Waals surface area contributed by atoms with Gasteiger partial charge in [-0.25, -0.2) is 0 Å². The van der Waals surface area contributed by atoms with Crippen LogP contribution in [-0.2, 0) is 9.59 Å². The van der Waals surface area contributed by atoms with Crippen molar-refractivity contribution in [2.75, 3.05) is 20.1 Å². The van der Waals surface area contributed by atoms with E-state index >= 15 is 0 Å². The van der Waals surface area contributed by atoms with Gasteiger partial charge in [0.15, 0.2) is 0 Å². The maximum Gasteiger partial charge on any atom is 0.225 e. The molecule has 0 aromatic heterocycles. The summed E-state index contributed by atoms with van der Waals surface area (Å²) < 4.78 is 0. The third kappa shape index (κ3) is 5.14. The Labute approximate surface area is 123 Å². The highest BCUT2D eigenvalue weighted by atomic mass is 16.2. The van der Waals surface area contributed by atoms with Crippen LogP contribution in [0.5, 0.6) is 0 Å². The van der Waals surface area contributed by atoms with Crippen molar-refractivity contribution in [3.8, 4) is 0 Å². The second kappa shape index (κ2) is 8.98. The van der Waals surface area contributed by atoms with E-state index in [1.54, 1.807) is 0 Å². The van der Waals surface area contributed by atoms with Gasteiger partial charge >= 0.3 is 0 Å². The lowest BCUT2D eigenvalue weighted by molar-refractivity contribution is -0.137. The minimum atomic E-state index is 0.117. The second-order valence-electron chi connectivity index (χ2n) is 5.95. The molecular weight excluding hydrogens is 252 g/mol. The predicted octanol–water partition coefficient (Wildman–Crippen LogP) is 2.58. The molecular formula is C16H30N2O2. The van der Waals surface area contributed by atoms with Gasteiger partial charge in [-0.15, -0.1) is 0 Å². The average molecular weight is 282 g/mol. The van der Waals surface area contributed by atoms with Gasteiger partial charge in [0, 0.05) is 32.0 Å². The molecule has 0 saturated heterocycles. The van der Waals surface area contributed by atoms with Crippen LogP contribution in [0.3, 0.4) is 0 Å². The second-order valence-corrected chi connectivity index (χ2v) is 5.95. The summed E-state index contributed by atoms with van der Waals surface area (Å²) in [7, 11) is 1.90. The Bertz CT molecular complexity index is 310. The summed E-state index contributed by atoms with van der Waals surface area (Å²) in [5.74, 6) is 0.696. The fraction of sp³-hybridized carbons (Fsp3) is 0.875. The fourth-order valence-corrected chi connectivity index (χ4v) is 2.81. The molecule has 0 atom stereocenters. The van der Waals surface area contributed by atoms with E-state index in [9.17, 15) is 9.59 Å². The molecule has 0 aromatic carbocycles. The largest absolute Gasteiger partial charge is 0.356 e. The molecule has 2 amide bonds. The van der Waals surface area contributed by atoms with E-state index in [4.69, 9.17) is 0 Å². The smallest absolute Gasteiger partial charge is 0.225 e. The zero-order chi connectivity index (χ0) is 15.0. The molecule has 0 bridgehead atoms. The Kier molecular flexibility index (Phi) is 7.63. The Hall–Kier alpha value is -1.06. The molecule has 1 saturated carbocycles. The van der Waals surface area contributed by atoms with Gasteiger partial charge in [-0.1, -0.05) is 20.3 Å². The summed E-state index contributed by atoms with van der Waals surface area (Å²) >= 11 is 0. The Balaban J connectivity index is 2.34. The van der Waals surface area contributed by atoms with Gasteiger partial charge < -0.3 is 10.2 Å². The summed E-state index contributed by atoms with van der Waals surface area (Å²) in [5.41, 5.74) is 0. The van der Waals surface area contributed by atoms with Crippen molar-refractivity contribution in [1.29, 1.82) is 0 Å². The first-order valence-electron chi connectivity index (χ1n) is 8.12. The maximum atomic E-state index is 12.3. The van der Waals surface area contributed by atoms with Crippen molar-refractivity contribution in [2.45, 2.75) is 58.8 Å². The molecule has 0 unspecified atom stereocenters. The van der Waals surface area contributed by atoms with Gasteiger partial charge in [-0.2, -0.15) is 0 Å². The van der Waals surface area contributed by atoms with Gasteiger partial charge in [0.1, 0.15) is 0 Å². The summed E-state index contributed by atoms with van der Waals surface area (Å²) in [6, 6.07) is 0. The first-order valence-corrected chi connectivity index (χ1v) is 8.12. The molecule has 0 spiro atoms. The molecule has 1 aliphatic carbocycles. The van der Waals surface area contributed by atoms with Gasteiger partial charge in [-0.05, 0) is 38.5 Å². The Morgan fingerprint density at radius 3 is 2.20 bits per heavy atom. The molecule has 4 heteroatoms. The summed E-state index contributed by atoms with van der Waals surface area (Å²) in [5, 5.41) is 2.96. The van der Waals surface area contributed by atoms with Crippen molar-refractivity contribution in [2.24, 2.45) is 11.8 Å². The van der Waals surface area contributed by atoms with Crippen molar-refractivity contribution in [3.63, 3.8) is 0 Å². The maximum absolute atomic E-state index is 12.3. The quantitative estimate of drug-likeness (QED) is 0.780. The van der Waals surface area contributed by atoms with Crippen LogP contribution < -0.4 is 5.32 Å². The molecule has 116 valence electrons. The number of carbonyl (C=O) groups excluding carboxylic acids is 2. The molecule has 0 aliphatic heterocycles. The van der Waals surface area contributed by atoms with Crippen molar-refractivity contribution in [3.05, 3.63) is 0 Å². The van der Waals surface area contributed by atoms with Crippen molar-refractivity contribution >= 4 is 11.8 Å². The van der Waals surface area contributed by atoms with Gasteiger partial charge in [0.05, 0.1) is 0 Å². The highest BCUT2D eigenvalue weighted by Crippen LogP contribution is 2.30. The van der Waals surface area contributed by atoms with Gasteiger partial charge in [-0.3, -0.25) is 9.59 Å². The van der Waals surface area contributed by atoms with Crippen LogP contribution in [0, 0.1) is 11.8 Å². The first-order chi connectivity index (χ1) is 9.60. The zero-order valence-electron chi connectivity index (χ0n) is 13.3. The standard InChI is InChI=1S/C16H30N2O2/c1-4-6-12-18(3)16(20)14-9-7-13(8-10-14)15(19)17-11-5-2/h13-14H,4-12H2,1-3H3,(H,17,19).